The summed E-state index contributed by atoms with van der Waals surface area (Å²) in [5.41, 5.74) is 0.833. The van der Waals surface area contributed by atoms with E-state index in [-0.39, 0.29) is 12.5 Å². The van der Waals surface area contributed by atoms with Gasteiger partial charge in [-0.2, -0.15) is 0 Å². The van der Waals surface area contributed by atoms with Crippen molar-refractivity contribution >= 4 is 5.69 Å². The zero-order chi connectivity index (χ0) is 14.1. The molecule has 0 unspecified atom stereocenters. The van der Waals surface area contributed by atoms with Gasteiger partial charge in [0.15, 0.2) is 6.79 Å². The van der Waals surface area contributed by atoms with Crippen molar-refractivity contribution in [3.63, 3.8) is 0 Å². The van der Waals surface area contributed by atoms with E-state index in [1.807, 2.05) is 6.92 Å². The summed E-state index contributed by atoms with van der Waals surface area (Å²) in [7, 11) is 0. The molecule has 0 heterocycles. The van der Waals surface area contributed by atoms with Crippen LogP contribution >= 0.6 is 0 Å². The Hall–Kier alpha value is -1.66. The van der Waals surface area contributed by atoms with Crippen molar-refractivity contribution in [2.24, 2.45) is 0 Å². The Morgan fingerprint density at radius 2 is 2.16 bits per heavy atom. The minimum absolute atomic E-state index is 0.0667. The van der Waals surface area contributed by atoms with Gasteiger partial charge < -0.3 is 14.8 Å². The molecule has 0 bridgehead atoms. The van der Waals surface area contributed by atoms with Gasteiger partial charge >= 0.3 is 0 Å². The summed E-state index contributed by atoms with van der Waals surface area (Å²) in [6.45, 7) is 6.05. The molecule has 1 aromatic rings. The first-order chi connectivity index (χ1) is 9.19. The van der Waals surface area contributed by atoms with E-state index in [2.05, 4.69) is 12.2 Å². The number of hydrogen-bond acceptors (Lipinski definition) is 5. The van der Waals surface area contributed by atoms with Gasteiger partial charge in [-0.1, -0.05) is 6.92 Å². The Kier molecular flexibility index (Phi) is 6.84. The predicted octanol–water partition coefficient (Wildman–Crippen LogP) is 2.47. The van der Waals surface area contributed by atoms with Crippen molar-refractivity contribution in [1.29, 1.82) is 0 Å². The molecule has 0 aliphatic rings. The highest BCUT2D eigenvalue weighted by Crippen LogP contribution is 2.24. The molecule has 1 rings (SSSR count). The number of rotatable bonds is 9. The van der Waals surface area contributed by atoms with Gasteiger partial charge in [0.1, 0.15) is 5.75 Å². The Labute approximate surface area is 112 Å². The maximum Gasteiger partial charge on any atom is 0.270 e. The molecule has 0 aliphatic carbocycles. The van der Waals surface area contributed by atoms with Crippen LogP contribution in [-0.2, 0) is 11.3 Å². The van der Waals surface area contributed by atoms with Crippen molar-refractivity contribution < 1.29 is 14.4 Å². The standard InChI is InChI=1S/C13H20N2O4/c1-3-7-14-9-11-8-12(15(16)17)5-6-13(11)19-10-18-4-2/h5-6,8,14H,3-4,7,9-10H2,1-2H3. The van der Waals surface area contributed by atoms with Gasteiger partial charge in [0, 0.05) is 30.8 Å². The summed E-state index contributed by atoms with van der Waals surface area (Å²) < 4.78 is 10.6. The van der Waals surface area contributed by atoms with Crippen molar-refractivity contribution in [3.8, 4) is 5.75 Å². The fourth-order valence-corrected chi connectivity index (χ4v) is 1.55. The lowest BCUT2D eigenvalue weighted by Gasteiger charge is -2.11. The predicted molar refractivity (Wildman–Crippen MR) is 72.2 cm³/mol. The Morgan fingerprint density at radius 3 is 2.79 bits per heavy atom. The smallest absolute Gasteiger partial charge is 0.270 e. The van der Waals surface area contributed by atoms with E-state index in [0.717, 1.165) is 18.5 Å². The second kappa shape index (κ2) is 8.44. The van der Waals surface area contributed by atoms with Gasteiger partial charge in [-0.15, -0.1) is 0 Å². The average molecular weight is 268 g/mol. The number of benzene rings is 1. The van der Waals surface area contributed by atoms with Gasteiger partial charge in [0.2, 0.25) is 0 Å². The second-order valence-corrected chi connectivity index (χ2v) is 3.98. The molecule has 0 aliphatic heterocycles. The highest BCUT2D eigenvalue weighted by Gasteiger charge is 2.11. The molecular weight excluding hydrogens is 248 g/mol. The van der Waals surface area contributed by atoms with Crippen LogP contribution in [0.25, 0.3) is 0 Å². The molecule has 106 valence electrons. The summed E-state index contributed by atoms with van der Waals surface area (Å²) in [6, 6.07) is 4.58. The van der Waals surface area contributed by atoms with E-state index in [1.165, 1.54) is 12.1 Å². The molecule has 6 nitrogen and oxygen atoms in total. The summed E-state index contributed by atoms with van der Waals surface area (Å²) in [6.07, 6.45) is 1.00. The number of nitrogens with one attached hydrogen (secondary N) is 1. The van der Waals surface area contributed by atoms with Crippen molar-refractivity contribution in [2.45, 2.75) is 26.8 Å². The van der Waals surface area contributed by atoms with Gasteiger partial charge in [-0.25, -0.2) is 0 Å². The van der Waals surface area contributed by atoms with Crippen LogP contribution in [0.2, 0.25) is 0 Å². The number of hydrogen-bond donors (Lipinski definition) is 1. The molecule has 0 atom stereocenters. The first-order valence-electron chi connectivity index (χ1n) is 6.37. The maximum atomic E-state index is 10.8. The van der Waals surface area contributed by atoms with Crippen LogP contribution in [0, 0.1) is 10.1 Å². The van der Waals surface area contributed by atoms with E-state index in [1.54, 1.807) is 6.07 Å². The summed E-state index contributed by atoms with van der Waals surface area (Å²) in [5.74, 6) is 0.614. The van der Waals surface area contributed by atoms with Crippen LogP contribution in [0.4, 0.5) is 5.69 Å². The lowest BCUT2D eigenvalue weighted by atomic mass is 10.1. The third-order valence-electron chi connectivity index (χ3n) is 2.50. The van der Waals surface area contributed by atoms with Crippen molar-refractivity contribution in [1.82, 2.24) is 5.32 Å². The van der Waals surface area contributed by atoms with E-state index in [9.17, 15) is 10.1 Å². The van der Waals surface area contributed by atoms with Crippen LogP contribution in [0.3, 0.4) is 0 Å². The topological polar surface area (TPSA) is 73.6 Å². The number of non-ortho nitro benzene ring substituents is 1. The van der Waals surface area contributed by atoms with Crippen LogP contribution in [0.15, 0.2) is 18.2 Å². The van der Waals surface area contributed by atoms with Crippen LogP contribution in [-0.4, -0.2) is 24.9 Å². The van der Waals surface area contributed by atoms with E-state index < -0.39 is 4.92 Å². The normalized spacial score (nSPS) is 10.4. The second-order valence-electron chi connectivity index (χ2n) is 3.98. The monoisotopic (exact) mass is 268 g/mol. The molecular formula is C13H20N2O4. The molecule has 0 radical (unpaired) electrons. The van der Waals surface area contributed by atoms with Crippen LogP contribution < -0.4 is 10.1 Å². The fourth-order valence-electron chi connectivity index (χ4n) is 1.55. The van der Waals surface area contributed by atoms with Gasteiger partial charge in [-0.3, -0.25) is 10.1 Å². The first kappa shape index (κ1) is 15.4. The van der Waals surface area contributed by atoms with Crippen molar-refractivity contribution in [2.75, 3.05) is 19.9 Å². The Balaban J connectivity index is 2.78. The summed E-state index contributed by atoms with van der Waals surface area (Å²) in [5, 5.41) is 14.0. The zero-order valence-electron chi connectivity index (χ0n) is 11.3. The highest BCUT2D eigenvalue weighted by molar-refractivity contribution is 5.43. The molecule has 0 saturated carbocycles. The Morgan fingerprint density at radius 1 is 1.37 bits per heavy atom. The number of ether oxygens (including phenoxy) is 2. The molecule has 1 N–H and O–H groups in total. The molecule has 19 heavy (non-hydrogen) atoms. The molecule has 0 amide bonds. The van der Waals surface area contributed by atoms with E-state index in [4.69, 9.17) is 9.47 Å². The lowest BCUT2D eigenvalue weighted by Crippen LogP contribution is -2.15. The van der Waals surface area contributed by atoms with Gasteiger partial charge in [0.25, 0.3) is 5.69 Å². The zero-order valence-corrected chi connectivity index (χ0v) is 11.3. The van der Waals surface area contributed by atoms with Crippen molar-refractivity contribution in [3.05, 3.63) is 33.9 Å². The number of nitro benzene ring substituents is 1. The van der Waals surface area contributed by atoms with E-state index in [0.29, 0.717) is 18.9 Å². The van der Waals surface area contributed by atoms with Crippen LogP contribution in [0.5, 0.6) is 5.75 Å². The molecule has 0 fully saturated rings. The largest absolute Gasteiger partial charge is 0.467 e. The number of nitro groups is 1. The third-order valence-corrected chi connectivity index (χ3v) is 2.50. The molecule has 6 heteroatoms. The molecule has 0 spiro atoms. The highest BCUT2D eigenvalue weighted by atomic mass is 16.7. The molecule has 0 saturated heterocycles. The van der Waals surface area contributed by atoms with Gasteiger partial charge in [-0.05, 0) is 26.0 Å². The molecule has 1 aromatic carbocycles. The van der Waals surface area contributed by atoms with Crippen LogP contribution in [0.1, 0.15) is 25.8 Å². The summed E-state index contributed by atoms with van der Waals surface area (Å²) in [4.78, 5) is 10.4. The maximum absolute atomic E-state index is 10.8. The first-order valence-corrected chi connectivity index (χ1v) is 6.37. The van der Waals surface area contributed by atoms with Gasteiger partial charge in [0.05, 0.1) is 4.92 Å². The average Bonchev–Trinajstić information content (AvgIpc) is 2.40. The third kappa shape index (κ3) is 5.23. The number of nitrogens with zero attached hydrogens (tertiary/aromatic N) is 1. The minimum atomic E-state index is -0.407. The fraction of sp³-hybridized carbons (Fsp3) is 0.538. The lowest BCUT2D eigenvalue weighted by molar-refractivity contribution is -0.384. The quantitative estimate of drug-likeness (QED) is 0.322. The Bertz CT molecular complexity index is 410. The minimum Gasteiger partial charge on any atom is -0.467 e. The SMILES string of the molecule is CCCNCc1cc([N+](=O)[O-])ccc1OCOCC. The summed E-state index contributed by atoms with van der Waals surface area (Å²) >= 11 is 0. The van der Waals surface area contributed by atoms with E-state index >= 15 is 0 Å². The molecule has 0 aromatic heterocycles.